The molecule has 0 aliphatic carbocycles. The molecule has 0 atom stereocenters. The highest BCUT2D eigenvalue weighted by molar-refractivity contribution is 7.89. The van der Waals surface area contributed by atoms with Gasteiger partial charge in [0.05, 0.1) is 10.6 Å². The number of rotatable bonds is 8. The van der Waals surface area contributed by atoms with Crippen LogP contribution < -0.4 is 15.4 Å². The summed E-state index contributed by atoms with van der Waals surface area (Å²) in [6.45, 7) is 5.52. The predicted molar refractivity (Wildman–Crippen MR) is 125 cm³/mol. The summed E-state index contributed by atoms with van der Waals surface area (Å²) in [5, 5.41) is 7.83. The fourth-order valence-electron chi connectivity index (χ4n) is 2.73. The summed E-state index contributed by atoms with van der Waals surface area (Å²) in [5.74, 6) is -0.223. The van der Waals surface area contributed by atoms with Crippen LogP contribution in [0.3, 0.4) is 0 Å². The molecule has 1 heterocycles. The van der Waals surface area contributed by atoms with Gasteiger partial charge in [0.1, 0.15) is 0 Å². The van der Waals surface area contributed by atoms with Gasteiger partial charge in [0, 0.05) is 30.1 Å². The number of sulfonamides is 1. The maximum absolute atomic E-state index is 12.5. The number of hydrogen-bond acceptors (Lipinski definition) is 6. The van der Waals surface area contributed by atoms with E-state index in [0.29, 0.717) is 21.9 Å². The summed E-state index contributed by atoms with van der Waals surface area (Å²) >= 11 is 1.38. The standard InChI is InChI=1S/C22H24N4O4S2/c1-14(2)20-13-31-22(25-20)26-21(28)17-6-4-16(5-7-17)12-23-32(29,30)19-10-8-18(9-11-19)24-15(3)27/h4-11,13-14,23H,12H2,1-3H3,(H,24,27)(H,25,26,28). The first-order chi connectivity index (χ1) is 15.1. The van der Waals surface area contributed by atoms with Gasteiger partial charge in [0.2, 0.25) is 15.9 Å². The van der Waals surface area contributed by atoms with E-state index in [2.05, 4.69) is 20.3 Å². The quantitative estimate of drug-likeness (QED) is 0.459. The van der Waals surface area contributed by atoms with E-state index < -0.39 is 10.0 Å². The minimum absolute atomic E-state index is 0.0713. The van der Waals surface area contributed by atoms with E-state index in [9.17, 15) is 18.0 Å². The molecule has 8 nitrogen and oxygen atoms in total. The first kappa shape index (κ1) is 23.6. The van der Waals surface area contributed by atoms with Gasteiger partial charge in [-0.2, -0.15) is 0 Å². The van der Waals surface area contributed by atoms with Crippen LogP contribution in [-0.2, 0) is 21.4 Å². The Kier molecular flexibility index (Phi) is 7.39. The fourth-order valence-corrected chi connectivity index (χ4v) is 4.62. The Morgan fingerprint density at radius 1 is 1.00 bits per heavy atom. The van der Waals surface area contributed by atoms with Crippen molar-refractivity contribution in [1.82, 2.24) is 9.71 Å². The van der Waals surface area contributed by atoms with E-state index >= 15 is 0 Å². The Hall–Kier alpha value is -3.08. The molecule has 0 radical (unpaired) electrons. The molecular formula is C22H24N4O4S2. The lowest BCUT2D eigenvalue weighted by Crippen LogP contribution is -2.23. The number of benzene rings is 2. The Bertz CT molecular complexity index is 1200. The molecule has 3 aromatic rings. The minimum Gasteiger partial charge on any atom is -0.326 e. The zero-order chi connectivity index (χ0) is 23.3. The van der Waals surface area contributed by atoms with E-state index in [4.69, 9.17) is 0 Å². The van der Waals surface area contributed by atoms with Gasteiger partial charge in [-0.25, -0.2) is 18.1 Å². The van der Waals surface area contributed by atoms with E-state index in [-0.39, 0.29) is 29.2 Å². The number of carbonyl (C=O) groups is 2. The molecule has 2 aromatic carbocycles. The van der Waals surface area contributed by atoms with Crippen molar-refractivity contribution in [3.8, 4) is 0 Å². The maximum atomic E-state index is 12.5. The normalized spacial score (nSPS) is 11.4. The molecule has 3 rings (SSSR count). The summed E-state index contributed by atoms with van der Waals surface area (Å²) in [7, 11) is -3.72. The van der Waals surface area contributed by atoms with Crippen LogP contribution >= 0.6 is 11.3 Å². The Morgan fingerprint density at radius 3 is 2.22 bits per heavy atom. The number of anilines is 2. The van der Waals surface area contributed by atoms with E-state index in [1.165, 1.54) is 42.5 Å². The average molecular weight is 473 g/mol. The van der Waals surface area contributed by atoms with Crippen molar-refractivity contribution in [3.63, 3.8) is 0 Å². The van der Waals surface area contributed by atoms with Crippen LogP contribution in [0.2, 0.25) is 0 Å². The molecule has 1 aromatic heterocycles. The second kappa shape index (κ2) is 10.0. The highest BCUT2D eigenvalue weighted by atomic mass is 32.2. The van der Waals surface area contributed by atoms with Gasteiger partial charge >= 0.3 is 0 Å². The van der Waals surface area contributed by atoms with Crippen molar-refractivity contribution < 1.29 is 18.0 Å². The minimum atomic E-state index is -3.72. The first-order valence-corrected chi connectivity index (χ1v) is 12.2. The second-order valence-corrected chi connectivity index (χ2v) is 10.0. The van der Waals surface area contributed by atoms with Crippen LogP contribution in [0.4, 0.5) is 10.8 Å². The third-order valence-corrected chi connectivity index (χ3v) is 6.69. The van der Waals surface area contributed by atoms with Gasteiger partial charge in [-0.05, 0) is 47.9 Å². The number of amides is 2. The summed E-state index contributed by atoms with van der Waals surface area (Å²) in [6.07, 6.45) is 0. The van der Waals surface area contributed by atoms with Gasteiger partial charge in [-0.3, -0.25) is 14.9 Å². The van der Waals surface area contributed by atoms with Crippen LogP contribution in [0.1, 0.15) is 48.3 Å². The largest absolute Gasteiger partial charge is 0.326 e. The number of nitrogens with zero attached hydrogens (tertiary/aromatic N) is 1. The van der Waals surface area contributed by atoms with Crippen LogP contribution in [0.15, 0.2) is 58.8 Å². The Labute approximate surface area is 191 Å². The fraction of sp³-hybridized carbons (Fsp3) is 0.227. The summed E-state index contributed by atoms with van der Waals surface area (Å²) in [4.78, 5) is 28.0. The third kappa shape index (κ3) is 6.22. The molecule has 0 aliphatic heterocycles. The van der Waals surface area contributed by atoms with Crippen LogP contribution in [0.25, 0.3) is 0 Å². The van der Waals surface area contributed by atoms with Gasteiger partial charge in [0.25, 0.3) is 5.91 Å². The topological polar surface area (TPSA) is 117 Å². The molecule has 0 fully saturated rings. The van der Waals surface area contributed by atoms with E-state index in [1.54, 1.807) is 24.3 Å². The summed E-state index contributed by atoms with van der Waals surface area (Å²) < 4.78 is 27.5. The molecule has 0 unspecified atom stereocenters. The van der Waals surface area contributed by atoms with E-state index in [1.807, 2.05) is 19.2 Å². The number of carbonyl (C=O) groups excluding carboxylic acids is 2. The van der Waals surface area contributed by atoms with Crippen LogP contribution in [0, 0.1) is 0 Å². The van der Waals surface area contributed by atoms with Crippen LogP contribution in [-0.4, -0.2) is 25.2 Å². The molecular weight excluding hydrogens is 448 g/mol. The molecule has 0 saturated heterocycles. The number of thiazole rings is 1. The zero-order valence-electron chi connectivity index (χ0n) is 17.9. The molecule has 0 saturated carbocycles. The zero-order valence-corrected chi connectivity index (χ0v) is 19.5. The van der Waals surface area contributed by atoms with Crippen molar-refractivity contribution in [2.24, 2.45) is 0 Å². The average Bonchev–Trinajstić information content (AvgIpc) is 3.21. The molecule has 3 N–H and O–H groups in total. The molecule has 168 valence electrons. The molecule has 0 bridgehead atoms. The Morgan fingerprint density at radius 2 is 1.66 bits per heavy atom. The van der Waals surface area contributed by atoms with Crippen molar-refractivity contribution >= 4 is 44.0 Å². The highest BCUT2D eigenvalue weighted by Gasteiger charge is 2.14. The predicted octanol–water partition coefficient (Wildman–Crippen LogP) is 3.96. The monoisotopic (exact) mass is 472 g/mol. The molecule has 0 spiro atoms. The highest BCUT2D eigenvalue weighted by Crippen LogP contribution is 2.22. The summed E-state index contributed by atoms with van der Waals surface area (Å²) in [5.41, 5.74) is 2.60. The molecule has 2 amide bonds. The van der Waals surface area contributed by atoms with Crippen molar-refractivity contribution in [1.29, 1.82) is 0 Å². The number of nitrogens with one attached hydrogen (secondary N) is 3. The number of aromatic nitrogens is 1. The Balaban J connectivity index is 1.58. The second-order valence-electron chi connectivity index (χ2n) is 7.41. The lowest BCUT2D eigenvalue weighted by Gasteiger charge is -2.09. The first-order valence-electron chi connectivity index (χ1n) is 9.87. The van der Waals surface area contributed by atoms with Crippen molar-refractivity contribution in [2.45, 2.75) is 38.1 Å². The molecule has 32 heavy (non-hydrogen) atoms. The van der Waals surface area contributed by atoms with Crippen molar-refractivity contribution in [2.75, 3.05) is 10.6 Å². The van der Waals surface area contributed by atoms with Gasteiger partial charge < -0.3 is 5.32 Å². The SMILES string of the molecule is CC(=O)Nc1ccc(S(=O)(=O)NCc2ccc(C(=O)Nc3nc(C(C)C)cs3)cc2)cc1. The smallest absolute Gasteiger partial charge is 0.257 e. The van der Waals surface area contributed by atoms with Gasteiger partial charge in [0.15, 0.2) is 5.13 Å². The third-order valence-electron chi connectivity index (χ3n) is 4.50. The number of hydrogen-bond donors (Lipinski definition) is 3. The van der Waals surface area contributed by atoms with Crippen LogP contribution in [0.5, 0.6) is 0 Å². The lowest BCUT2D eigenvalue weighted by molar-refractivity contribution is -0.114. The van der Waals surface area contributed by atoms with E-state index in [0.717, 1.165) is 5.69 Å². The van der Waals surface area contributed by atoms with Gasteiger partial charge in [-0.15, -0.1) is 11.3 Å². The molecule has 0 aliphatic rings. The summed E-state index contributed by atoms with van der Waals surface area (Å²) in [6, 6.07) is 12.5. The van der Waals surface area contributed by atoms with Gasteiger partial charge in [-0.1, -0.05) is 26.0 Å². The molecule has 10 heteroatoms. The lowest BCUT2D eigenvalue weighted by atomic mass is 10.1. The maximum Gasteiger partial charge on any atom is 0.257 e. The van der Waals surface area contributed by atoms with Crippen molar-refractivity contribution in [3.05, 3.63) is 70.7 Å².